The Morgan fingerprint density at radius 1 is 0.500 bits per heavy atom. The topological polar surface area (TPSA) is 179 Å². The maximum atomic E-state index is 7.40. The number of ether oxygens (including phenoxy) is 2. The molecule has 0 aliphatic carbocycles. The molecule has 0 spiro atoms. The Hall–Kier alpha value is -2.60. The molecular weight excluding hydrogens is 532 g/mol. The van der Waals surface area contributed by atoms with Crippen LogP contribution in [0.3, 0.4) is 0 Å². The molecule has 0 radical (unpaired) electrons. The second-order valence-electron chi connectivity index (χ2n) is 12.1. The zero-order valence-corrected chi connectivity index (χ0v) is 27.4. The van der Waals surface area contributed by atoms with E-state index in [1.807, 2.05) is 23.6 Å². The van der Waals surface area contributed by atoms with Crippen molar-refractivity contribution >= 4 is 23.6 Å². The van der Waals surface area contributed by atoms with Crippen molar-refractivity contribution in [2.75, 3.05) is 66.6 Å². The summed E-state index contributed by atoms with van der Waals surface area (Å²) >= 11 is 0. The van der Waals surface area contributed by atoms with E-state index in [2.05, 4.69) is 23.6 Å². The van der Waals surface area contributed by atoms with E-state index >= 15 is 0 Å². The molecule has 12 nitrogen and oxygen atoms in total. The number of piperidine rings is 4. The van der Waals surface area contributed by atoms with Crippen molar-refractivity contribution in [2.24, 2.45) is 23.3 Å². The lowest BCUT2D eigenvalue weighted by molar-refractivity contribution is 0.0574. The first-order valence-electron chi connectivity index (χ1n) is 15.7. The van der Waals surface area contributed by atoms with Gasteiger partial charge in [-0.1, -0.05) is 13.8 Å². The number of nitrogens with one attached hydrogen (secondary N) is 4. The minimum atomic E-state index is 0.180. The molecule has 12 heteroatoms. The Morgan fingerprint density at radius 2 is 0.738 bits per heavy atom. The van der Waals surface area contributed by atoms with Crippen molar-refractivity contribution in [3.63, 3.8) is 0 Å². The van der Waals surface area contributed by atoms with Gasteiger partial charge in [0.2, 0.25) is 0 Å². The number of methoxy groups -OCH3 is 2. The third-order valence-corrected chi connectivity index (χ3v) is 8.75. The fourth-order valence-electron chi connectivity index (χ4n) is 5.35. The van der Waals surface area contributed by atoms with Gasteiger partial charge in [-0.25, -0.2) is 0 Å². The van der Waals surface area contributed by atoms with E-state index in [1.165, 1.54) is 25.7 Å². The van der Waals surface area contributed by atoms with Gasteiger partial charge < -0.3 is 40.5 Å². The standard InChI is InChI=1S/C8H16N2O.C8H16N2.C7H15N3O.C7H15N3/c1-7(9)10-5-3-8(11-2)4-6-10;1-7-3-5-10(6-4-7)8(2)9;1-11-6-2-4-10(5-3-6)7(8)9;1-6-2-4-10(5-3-6)7(8)9/h8-9H,3-6H2,1-2H3;7,9H,3-6H2,1-2H3;6H,2-5H2,1H3,(H3,8,9);6H,2-5H2,1H3,(H3,8,9). The number of guanidine groups is 2. The van der Waals surface area contributed by atoms with Crippen molar-refractivity contribution in [3.8, 4) is 0 Å². The molecule has 4 heterocycles. The summed E-state index contributed by atoms with van der Waals surface area (Å²) in [4.78, 5) is 8.05. The smallest absolute Gasteiger partial charge is 0.188 e. The summed E-state index contributed by atoms with van der Waals surface area (Å²) in [5.74, 6) is 3.50. The molecule has 244 valence electrons. The lowest BCUT2D eigenvalue weighted by Gasteiger charge is -2.31. The average Bonchev–Trinajstić information content (AvgIpc) is 2.98. The Labute approximate surface area is 255 Å². The van der Waals surface area contributed by atoms with Crippen LogP contribution in [0, 0.1) is 33.5 Å². The summed E-state index contributed by atoms with van der Waals surface area (Å²) < 4.78 is 10.4. The fraction of sp³-hybridized carbons (Fsp3) is 0.867. The SMILES string of the molecule is CC(=N)N1CCC(C)CC1.CC1CCN(C(=N)N)CC1.COC1CCN(C(=N)N)CC1.COC1CCN(C(C)=N)CC1. The highest BCUT2D eigenvalue weighted by molar-refractivity contribution is 5.76. The number of nitrogens with two attached hydrogens (primary N) is 2. The molecule has 0 saturated carbocycles. The van der Waals surface area contributed by atoms with Gasteiger partial charge in [-0.2, -0.15) is 0 Å². The molecule has 4 aliphatic heterocycles. The predicted octanol–water partition coefficient (Wildman–Crippen LogP) is 3.41. The largest absolute Gasteiger partial charge is 0.381 e. The molecular formula is C30H62N10O2. The summed E-state index contributed by atoms with van der Waals surface area (Å²) in [6.07, 6.45) is 9.76. The Kier molecular flexibility index (Phi) is 18.1. The molecule has 0 aromatic carbocycles. The zero-order valence-electron chi connectivity index (χ0n) is 27.4. The normalized spacial score (nSPS) is 20.7. The molecule has 0 atom stereocenters. The van der Waals surface area contributed by atoms with Crippen LogP contribution in [-0.2, 0) is 9.47 Å². The van der Waals surface area contributed by atoms with Crippen LogP contribution in [0.2, 0.25) is 0 Å². The van der Waals surface area contributed by atoms with Crippen LogP contribution in [0.1, 0.15) is 79.1 Å². The second-order valence-corrected chi connectivity index (χ2v) is 12.1. The first-order chi connectivity index (χ1) is 19.9. The third kappa shape index (κ3) is 15.0. The summed E-state index contributed by atoms with van der Waals surface area (Å²) in [5, 5.41) is 29.1. The molecule has 4 fully saturated rings. The van der Waals surface area contributed by atoms with Crippen LogP contribution in [0.5, 0.6) is 0 Å². The first-order valence-corrected chi connectivity index (χ1v) is 15.7. The van der Waals surface area contributed by atoms with Crippen molar-refractivity contribution in [2.45, 2.75) is 91.3 Å². The molecule has 4 aliphatic rings. The lowest BCUT2D eigenvalue weighted by atomic mass is 9.99. The number of rotatable bonds is 2. The maximum absolute atomic E-state index is 7.40. The molecule has 42 heavy (non-hydrogen) atoms. The number of amidine groups is 2. The van der Waals surface area contributed by atoms with E-state index < -0.39 is 0 Å². The van der Waals surface area contributed by atoms with Gasteiger partial charge in [-0.15, -0.1) is 0 Å². The van der Waals surface area contributed by atoms with Gasteiger partial charge in [-0.05, 0) is 77.0 Å². The van der Waals surface area contributed by atoms with Crippen LogP contribution >= 0.6 is 0 Å². The lowest BCUT2D eigenvalue weighted by Crippen LogP contribution is -2.43. The monoisotopic (exact) mass is 595 g/mol. The van der Waals surface area contributed by atoms with E-state index in [9.17, 15) is 0 Å². The maximum Gasteiger partial charge on any atom is 0.188 e. The Bertz CT molecular complexity index is 728. The van der Waals surface area contributed by atoms with Crippen LogP contribution in [0.25, 0.3) is 0 Å². The Morgan fingerprint density at radius 3 is 0.976 bits per heavy atom. The number of nitrogens with zero attached hydrogens (tertiary/aromatic N) is 4. The molecule has 4 rings (SSSR count). The van der Waals surface area contributed by atoms with Crippen molar-refractivity contribution in [1.29, 1.82) is 21.6 Å². The third-order valence-electron chi connectivity index (χ3n) is 8.75. The van der Waals surface area contributed by atoms with E-state index in [1.54, 1.807) is 14.2 Å². The summed E-state index contributed by atoms with van der Waals surface area (Å²) in [7, 11) is 3.49. The van der Waals surface area contributed by atoms with Gasteiger partial charge in [-0.3, -0.25) is 21.6 Å². The molecule has 0 aromatic heterocycles. The molecule has 4 saturated heterocycles. The summed E-state index contributed by atoms with van der Waals surface area (Å²) in [5.41, 5.74) is 10.6. The van der Waals surface area contributed by atoms with Gasteiger partial charge in [0.25, 0.3) is 0 Å². The van der Waals surface area contributed by atoms with Gasteiger partial charge in [0.05, 0.1) is 23.9 Å². The molecule has 8 N–H and O–H groups in total. The molecule has 0 aromatic rings. The van der Waals surface area contributed by atoms with Crippen LogP contribution in [0.4, 0.5) is 0 Å². The van der Waals surface area contributed by atoms with Gasteiger partial charge in [0.15, 0.2) is 11.9 Å². The highest BCUT2D eigenvalue weighted by Crippen LogP contribution is 2.16. The van der Waals surface area contributed by atoms with Crippen molar-refractivity contribution in [1.82, 2.24) is 19.6 Å². The van der Waals surface area contributed by atoms with E-state index in [-0.39, 0.29) is 11.9 Å². The second kappa shape index (κ2) is 20.3. The highest BCUT2D eigenvalue weighted by atomic mass is 16.5. The van der Waals surface area contributed by atoms with Gasteiger partial charge in [0.1, 0.15) is 0 Å². The van der Waals surface area contributed by atoms with Crippen molar-refractivity contribution < 1.29 is 9.47 Å². The van der Waals surface area contributed by atoms with Crippen LogP contribution in [-0.4, -0.2) is 122 Å². The van der Waals surface area contributed by atoms with E-state index in [0.29, 0.717) is 18.0 Å². The van der Waals surface area contributed by atoms with E-state index in [0.717, 1.165) is 95.7 Å². The van der Waals surface area contributed by atoms with Gasteiger partial charge in [0, 0.05) is 66.6 Å². The average molecular weight is 595 g/mol. The predicted molar refractivity (Wildman–Crippen MR) is 174 cm³/mol. The van der Waals surface area contributed by atoms with Gasteiger partial charge >= 0.3 is 0 Å². The van der Waals surface area contributed by atoms with Crippen LogP contribution < -0.4 is 11.5 Å². The number of hydrogen-bond donors (Lipinski definition) is 6. The zero-order chi connectivity index (χ0) is 31.7. The molecule has 0 unspecified atom stereocenters. The first kappa shape index (κ1) is 37.4. The number of likely N-dealkylation sites (tertiary alicyclic amines) is 4. The Balaban J connectivity index is 0.000000280. The quantitative estimate of drug-likeness (QED) is 0.208. The molecule has 0 amide bonds. The summed E-state index contributed by atoms with van der Waals surface area (Å²) in [6.45, 7) is 16.0. The summed E-state index contributed by atoms with van der Waals surface area (Å²) in [6, 6.07) is 0. The fourth-order valence-corrected chi connectivity index (χ4v) is 5.35. The van der Waals surface area contributed by atoms with Crippen LogP contribution in [0.15, 0.2) is 0 Å². The minimum Gasteiger partial charge on any atom is -0.381 e. The molecule has 0 bridgehead atoms. The van der Waals surface area contributed by atoms with Crippen molar-refractivity contribution in [3.05, 3.63) is 0 Å². The minimum absolute atomic E-state index is 0.180. The number of hydrogen-bond acceptors (Lipinski definition) is 6. The van der Waals surface area contributed by atoms with E-state index in [4.69, 9.17) is 42.6 Å². The highest BCUT2D eigenvalue weighted by Gasteiger charge is 2.20.